The molecule has 1 aromatic heterocycles. The Hall–Kier alpha value is -2.40. The molecule has 12 heteroatoms. The maximum Gasteiger partial charge on any atom is 0.410 e. The fourth-order valence-corrected chi connectivity index (χ4v) is 3.43. The molecular weight excluding hydrogens is 452 g/mol. The molecule has 12 nitrogen and oxygen atoms in total. The Morgan fingerprint density at radius 3 is 2.46 bits per heavy atom. The number of aromatic nitrogens is 3. The molecule has 0 radical (unpaired) electrons. The molecule has 1 aliphatic rings. The number of nitrogens with zero attached hydrogens (tertiary/aromatic N) is 8. The molecule has 0 unspecified atom stereocenters. The lowest BCUT2D eigenvalue weighted by atomic mass is 9.95. The van der Waals surface area contributed by atoms with Crippen molar-refractivity contribution in [2.24, 2.45) is 10.5 Å². The Morgan fingerprint density at radius 2 is 1.83 bits per heavy atom. The molecule has 0 bridgehead atoms. The van der Waals surface area contributed by atoms with Gasteiger partial charge in [-0.05, 0) is 45.6 Å². The van der Waals surface area contributed by atoms with E-state index in [4.69, 9.17) is 19.7 Å². The van der Waals surface area contributed by atoms with Gasteiger partial charge >= 0.3 is 6.09 Å². The zero-order valence-electron chi connectivity index (χ0n) is 22.4. The fraction of sp³-hybridized carbons (Fsp3) is 0.870. The monoisotopic (exact) mass is 494 g/mol. The number of azide groups is 1. The van der Waals surface area contributed by atoms with Gasteiger partial charge in [0.15, 0.2) is 0 Å². The first-order valence-electron chi connectivity index (χ1n) is 12.1. The molecule has 1 fully saturated rings. The standard InChI is InChI=1S/C23H42N8O4/c1-21(2,3)35-20(32)30-10-8-29(9-11-30)12-13-33-15-19-14-31(28-26-19)17-23(6,7)34-18-22(4,5)16-25-27-24/h14H,8-13,15-18H2,1-7H3. The second-order valence-electron chi connectivity index (χ2n) is 11.4. The van der Waals surface area contributed by atoms with Crippen LogP contribution < -0.4 is 0 Å². The first-order valence-corrected chi connectivity index (χ1v) is 12.1. The van der Waals surface area contributed by atoms with Gasteiger partial charge < -0.3 is 19.1 Å². The summed E-state index contributed by atoms with van der Waals surface area (Å²) in [6, 6.07) is 0. The van der Waals surface area contributed by atoms with E-state index in [0.717, 1.165) is 25.3 Å². The van der Waals surface area contributed by atoms with Crippen molar-refractivity contribution in [2.75, 3.05) is 52.5 Å². The van der Waals surface area contributed by atoms with Crippen molar-refractivity contribution >= 4 is 6.09 Å². The molecule has 0 N–H and O–H groups in total. The second kappa shape index (κ2) is 12.5. The van der Waals surface area contributed by atoms with Crippen LogP contribution >= 0.6 is 0 Å². The van der Waals surface area contributed by atoms with Crippen molar-refractivity contribution in [2.45, 2.75) is 72.8 Å². The number of carbonyl (C=O) groups excluding carboxylic acids is 1. The van der Waals surface area contributed by atoms with E-state index in [9.17, 15) is 4.79 Å². The average Bonchev–Trinajstić information content (AvgIpc) is 3.20. The second-order valence-corrected chi connectivity index (χ2v) is 11.4. The summed E-state index contributed by atoms with van der Waals surface area (Å²) >= 11 is 0. The van der Waals surface area contributed by atoms with Crippen LogP contribution in [0.5, 0.6) is 0 Å². The zero-order chi connectivity index (χ0) is 26.1. The molecule has 2 heterocycles. The molecule has 1 aliphatic heterocycles. The molecule has 1 aromatic rings. The van der Waals surface area contributed by atoms with Crippen molar-refractivity contribution in [1.82, 2.24) is 24.8 Å². The summed E-state index contributed by atoms with van der Waals surface area (Å²) in [6.45, 7) is 19.7. The largest absolute Gasteiger partial charge is 0.444 e. The van der Waals surface area contributed by atoms with Crippen LogP contribution in [0.2, 0.25) is 0 Å². The van der Waals surface area contributed by atoms with Gasteiger partial charge in [-0.1, -0.05) is 24.2 Å². The van der Waals surface area contributed by atoms with Crippen molar-refractivity contribution < 1.29 is 19.0 Å². The van der Waals surface area contributed by atoms with E-state index in [0.29, 0.717) is 46.0 Å². The van der Waals surface area contributed by atoms with Gasteiger partial charge in [0.05, 0.1) is 38.2 Å². The molecule has 198 valence electrons. The van der Waals surface area contributed by atoms with E-state index in [1.165, 1.54) is 0 Å². The Labute approximate surface area is 208 Å². The van der Waals surface area contributed by atoms with Crippen LogP contribution in [-0.2, 0) is 27.4 Å². The van der Waals surface area contributed by atoms with Crippen LogP contribution in [0, 0.1) is 5.41 Å². The third-order valence-corrected chi connectivity index (χ3v) is 5.37. The maximum absolute atomic E-state index is 12.2. The van der Waals surface area contributed by atoms with Crippen LogP contribution in [0.25, 0.3) is 10.4 Å². The summed E-state index contributed by atoms with van der Waals surface area (Å²) in [5.41, 5.74) is 8.11. The van der Waals surface area contributed by atoms with Gasteiger partial charge in [0.25, 0.3) is 0 Å². The summed E-state index contributed by atoms with van der Waals surface area (Å²) in [7, 11) is 0. The van der Waals surface area contributed by atoms with Gasteiger partial charge in [0.1, 0.15) is 11.3 Å². The molecular formula is C23H42N8O4. The van der Waals surface area contributed by atoms with Crippen LogP contribution in [0.1, 0.15) is 54.2 Å². The third-order valence-electron chi connectivity index (χ3n) is 5.37. The number of rotatable bonds is 12. The number of ether oxygens (including phenoxy) is 3. The maximum atomic E-state index is 12.2. The van der Waals surface area contributed by atoms with Crippen molar-refractivity contribution in [3.05, 3.63) is 22.3 Å². The smallest absolute Gasteiger partial charge is 0.410 e. The van der Waals surface area contributed by atoms with Crippen LogP contribution in [-0.4, -0.2) is 94.6 Å². The lowest BCUT2D eigenvalue weighted by Crippen LogP contribution is -2.50. The van der Waals surface area contributed by atoms with E-state index in [1.807, 2.05) is 54.7 Å². The lowest BCUT2D eigenvalue weighted by Gasteiger charge is -2.35. The fourth-order valence-electron chi connectivity index (χ4n) is 3.43. The highest BCUT2D eigenvalue weighted by atomic mass is 16.6. The molecule has 2 rings (SSSR count). The average molecular weight is 495 g/mol. The zero-order valence-corrected chi connectivity index (χ0v) is 22.4. The number of carbonyl (C=O) groups is 1. The molecule has 35 heavy (non-hydrogen) atoms. The summed E-state index contributed by atoms with van der Waals surface area (Å²) < 4.78 is 19.1. The normalized spacial score (nSPS) is 15.7. The Bertz CT molecular complexity index is 850. The van der Waals surface area contributed by atoms with Crippen LogP contribution in [0.15, 0.2) is 11.3 Å². The van der Waals surface area contributed by atoms with Gasteiger partial charge in [-0.25, -0.2) is 9.48 Å². The number of amides is 1. The quantitative estimate of drug-likeness (QED) is 0.188. The Balaban J connectivity index is 1.66. The van der Waals surface area contributed by atoms with Gasteiger partial charge in [-0.3, -0.25) is 4.90 Å². The third kappa shape index (κ3) is 11.3. The molecule has 0 spiro atoms. The summed E-state index contributed by atoms with van der Waals surface area (Å²) in [6.07, 6.45) is 1.62. The minimum atomic E-state index is -0.475. The predicted molar refractivity (Wildman–Crippen MR) is 132 cm³/mol. The van der Waals surface area contributed by atoms with Gasteiger partial charge in [0, 0.05) is 44.2 Å². The molecule has 0 aromatic carbocycles. The van der Waals surface area contributed by atoms with Crippen LogP contribution in [0.4, 0.5) is 4.79 Å². The topological polar surface area (TPSA) is 131 Å². The molecule has 0 atom stereocenters. The van der Waals surface area contributed by atoms with Gasteiger partial charge in [-0.15, -0.1) is 5.10 Å². The van der Waals surface area contributed by atoms with Crippen molar-refractivity contribution in [3.8, 4) is 0 Å². The van der Waals surface area contributed by atoms with Crippen molar-refractivity contribution in [1.29, 1.82) is 0 Å². The number of hydrogen-bond donors (Lipinski definition) is 0. The minimum absolute atomic E-state index is 0.243. The number of piperazine rings is 1. The molecule has 1 saturated heterocycles. The first kappa shape index (κ1) is 28.8. The van der Waals surface area contributed by atoms with E-state index < -0.39 is 11.2 Å². The minimum Gasteiger partial charge on any atom is -0.444 e. The molecule has 0 aliphatic carbocycles. The van der Waals surface area contributed by atoms with Crippen LogP contribution in [0.3, 0.4) is 0 Å². The Kier molecular flexibility index (Phi) is 10.3. The first-order chi connectivity index (χ1) is 16.3. The summed E-state index contributed by atoms with van der Waals surface area (Å²) in [4.78, 5) is 19.0. The van der Waals surface area contributed by atoms with E-state index in [-0.39, 0.29) is 11.5 Å². The molecule has 1 amide bonds. The lowest BCUT2D eigenvalue weighted by molar-refractivity contribution is -0.0638. The Morgan fingerprint density at radius 1 is 1.14 bits per heavy atom. The highest BCUT2D eigenvalue weighted by molar-refractivity contribution is 5.68. The highest BCUT2D eigenvalue weighted by Crippen LogP contribution is 2.21. The summed E-state index contributed by atoms with van der Waals surface area (Å²) in [5.74, 6) is 0. The van der Waals surface area contributed by atoms with E-state index in [2.05, 4.69) is 25.2 Å². The van der Waals surface area contributed by atoms with E-state index >= 15 is 0 Å². The summed E-state index contributed by atoms with van der Waals surface area (Å²) in [5, 5.41) is 12.0. The SMILES string of the molecule is CC(C)(CN=[N+]=[N-])COC(C)(C)Cn1cc(COCCN2CCN(C(=O)OC(C)(C)C)CC2)nn1. The van der Waals surface area contributed by atoms with Crippen molar-refractivity contribution in [3.63, 3.8) is 0 Å². The van der Waals surface area contributed by atoms with E-state index in [1.54, 1.807) is 9.58 Å². The van der Waals surface area contributed by atoms with Gasteiger partial charge in [-0.2, -0.15) is 0 Å². The predicted octanol–water partition coefficient (Wildman–Crippen LogP) is 3.48. The highest BCUT2D eigenvalue weighted by Gasteiger charge is 2.27. The van der Waals surface area contributed by atoms with Gasteiger partial charge in [0.2, 0.25) is 0 Å². The number of hydrogen-bond acceptors (Lipinski definition) is 8. The molecule has 0 saturated carbocycles.